The predicted molar refractivity (Wildman–Crippen MR) is 96.5 cm³/mol. The van der Waals surface area contributed by atoms with Gasteiger partial charge in [0.2, 0.25) is 0 Å². The van der Waals surface area contributed by atoms with Crippen LogP contribution < -0.4 is 15.8 Å². The summed E-state index contributed by atoms with van der Waals surface area (Å²) in [5, 5.41) is 22.3. The number of aliphatic hydroxyl groups excluding tert-OH is 2. The Morgan fingerprint density at radius 3 is 2.50 bits per heavy atom. The summed E-state index contributed by atoms with van der Waals surface area (Å²) in [5.74, 6) is -0.142. The summed E-state index contributed by atoms with van der Waals surface area (Å²) in [6.07, 6.45) is 4.53. The zero-order valence-corrected chi connectivity index (χ0v) is 15.2. The molecule has 130 valence electrons. The zero-order chi connectivity index (χ0) is 17.2. The molecule has 6 heteroatoms. The van der Waals surface area contributed by atoms with E-state index in [1.54, 1.807) is 18.0 Å². The first kappa shape index (κ1) is 21.3. The molecule has 0 aromatic heterocycles. The first-order valence-corrected chi connectivity index (χ1v) is 8.68. The fourth-order valence-electron chi connectivity index (χ4n) is 1.73. The zero-order valence-electron chi connectivity index (χ0n) is 14.4. The fourth-order valence-corrected chi connectivity index (χ4v) is 2.41. The number of nitrogens with one attached hydrogen (secondary N) is 2. The van der Waals surface area contributed by atoms with Crippen molar-refractivity contribution in [3.05, 3.63) is 24.1 Å². The molecule has 0 amide bonds. The van der Waals surface area contributed by atoms with Crippen molar-refractivity contribution in [2.45, 2.75) is 70.4 Å². The van der Waals surface area contributed by atoms with Crippen LogP contribution in [-0.4, -0.2) is 33.8 Å². The molecule has 0 bridgehead atoms. The standard InChI is InChI=1S/C16H33N3O2S/c1-6-13(11-14(17)12(2)20)19-15(21)9-7-8-10-18-22-16(3,4)5/h11,13,15,18-21H,2,6-10,17H2,1,3-5H3/b14-11+. The minimum Gasteiger partial charge on any atom is -0.506 e. The average molecular weight is 332 g/mol. The number of hydrogen-bond donors (Lipinski definition) is 5. The molecule has 0 fully saturated rings. The van der Waals surface area contributed by atoms with E-state index < -0.39 is 6.23 Å². The van der Waals surface area contributed by atoms with Crippen molar-refractivity contribution in [1.82, 2.24) is 10.0 Å². The van der Waals surface area contributed by atoms with Gasteiger partial charge < -0.3 is 15.9 Å². The summed E-state index contributed by atoms with van der Waals surface area (Å²) in [4.78, 5) is 0. The van der Waals surface area contributed by atoms with Gasteiger partial charge in [-0.3, -0.25) is 10.0 Å². The Balaban J connectivity index is 3.90. The van der Waals surface area contributed by atoms with Gasteiger partial charge in [0.15, 0.2) is 0 Å². The maximum absolute atomic E-state index is 10.00. The maximum Gasteiger partial charge on any atom is 0.131 e. The third kappa shape index (κ3) is 11.9. The number of hydrogen-bond acceptors (Lipinski definition) is 6. The molecule has 2 unspecified atom stereocenters. The minimum absolute atomic E-state index is 0.0755. The van der Waals surface area contributed by atoms with Crippen LogP contribution in [0, 0.1) is 0 Å². The third-order valence-corrected chi connectivity index (χ3v) is 3.91. The molecule has 22 heavy (non-hydrogen) atoms. The van der Waals surface area contributed by atoms with Crippen molar-refractivity contribution < 1.29 is 10.2 Å². The molecule has 6 N–H and O–H groups in total. The maximum atomic E-state index is 10.00. The lowest BCUT2D eigenvalue weighted by molar-refractivity contribution is 0.116. The van der Waals surface area contributed by atoms with Crippen LogP contribution in [0.15, 0.2) is 24.1 Å². The lowest BCUT2D eigenvalue weighted by Gasteiger charge is -2.20. The SMILES string of the molecule is C=C(O)/C(N)=C\C(CC)NC(O)CCCCNSC(C)(C)C. The fraction of sp³-hybridized carbons (Fsp3) is 0.750. The number of aliphatic hydroxyl groups is 2. The van der Waals surface area contributed by atoms with Crippen molar-refractivity contribution >= 4 is 11.9 Å². The van der Waals surface area contributed by atoms with E-state index in [-0.39, 0.29) is 22.2 Å². The van der Waals surface area contributed by atoms with Crippen LogP contribution in [0.25, 0.3) is 0 Å². The van der Waals surface area contributed by atoms with Gasteiger partial charge >= 0.3 is 0 Å². The van der Waals surface area contributed by atoms with Gasteiger partial charge in [-0.25, -0.2) is 0 Å². The molecule has 2 atom stereocenters. The molecular formula is C16H33N3O2S. The lowest BCUT2D eigenvalue weighted by Crippen LogP contribution is -2.37. The highest BCUT2D eigenvalue weighted by molar-refractivity contribution is 7.98. The Morgan fingerprint density at radius 2 is 2.00 bits per heavy atom. The summed E-state index contributed by atoms with van der Waals surface area (Å²) in [5.41, 5.74) is 5.88. The van der Waals surface area contributed by atoms with Gasteiger partial charge in [0, 0.05) is 17.3 Å². The predicted octanol–water partition coefficient (Wildman–Crippen LogP) is 2.79. The second-order valence-corrected chi connectivity index (χ2v) is 8.09. The van der Waals surface area contributed by atoms with Gasteiger partial charge in [-0.2, -0.15) is 0 Å². The Morgan fingerprint density at radius 1 is 1.36 bits per heavy atom. The van der Waals surface area contributed by atoms with Crippen LogP contribution in [0.5, 0.6) is 0 Å². The van der Waals surface area contributed by atoms with Crippen LogP contribution in [-0.2, 0) is 0 Å². The average Bonchev–Trinajstić information content (AvgIpc) is 2.40. The highest BCUT2D eigenvalue weighted by Gasteiger charge is 2.11. The van der Waals surface area contributed by atoms with Gasteiger partial charge in [-0.05, 0) is 52.5 Å². The van der Waals surface area contributed by atoms with E-state index in [4.69, 9.17) is 5.73 Å². The van der Waals surface area contributed by atoms with Gasteiger partial charge in [0.1, 0.15) is 12.0 Å². The molecule has 0 saturated carbocycles. The molecule has 0 spiro atoms. The van der Waals surface area contributed by atoms with Crippen LogP contribution in [0.2, 0.25) is 0 Å². The molecule has 0 heterocycles. The lowest BCUT2D eigenvalue weighted by atomic mass is 10.1. The van der Waals surface area contributed by atoms with Crippen molar-refractivity contribution in [2.75, 3.05) is 6.54 Å². The van der Waals surface area contributed by atoms with E-state index in [0.29, 0.717) is 6.42 Å². The normalized spacial score (nSPS) is 15.6. The molecule has 0 aliphatic heterocycles. The number of unbranched alkanes of at least 4 members (excludes halogenated alkanes) is 1. The molecule has 5 nitrogen and oxygen atoms in total. The molecule has 0 aromatic rings. The Labute approximate surface area is 139 Å². The first-order valence-electron chi connectivity index (χ1n) is 7.86. The summed E-state index contributed by atoms with van der Waals surface area (Å²) in [7, 11) is 0. The van der Waals surface area contributed by atoms with Gasteiger partial charge in [0.05, 0.1) is 5.70 Å². The number of rotatable bonds is 11. The Bertz CT molecular complexity index is 354. The van der Waals surface area contributed by atoms with E-state index in [0.717, 1.165) is 25.8 Å². The Hall–Kier alpha value is -0.690. The van der Waals surface area contributed by atoms with Crippen molar-refractivity contribution in [3.63, 3.8) is 0 Å². The van der Waals surface area contributed by atoms with Crippen LogP contribution >= 0.6 is 11.9 Å². The van der Waals surface area contributed by atoms with E-state index in [1.165, 1.54) is 0 Å². The van der Waals surface area contributed by atoms with Gasteiger partial charge in [-0.15, -0.1) is 0 Å². The minimum atomic E-state index is -0.573. The largest absolute Gasteiger partial charge is 0.506 e. The quantitative estimate of drug-likeness (QED) is 0.131. The van der Waals surface area contributed by atoms with Gasteiger partial charge in [0.25, 0.3) is 0 Å². The summed E-state index contributed by atoms with van der Waals surface area (Å²) in [6.45, 7) is 12.8. The molecule has 0 saturated heterocycles. The van der Waals surface area contributed by atoms with Crippen LogP contribution in [0.3, 0.4) is 0 Å². The van der Waals surface area contributed by atoms with Crippen molar-refractivity contribution in [3.8, 4) is 0 Å². The highest BCUT2D eigenvalue weighted by Crippen LogP contribution is 2.19. The molecule has 0 radical (unpaired) electrons. The summed E-state index contributed by atoms with van der Waals surface area (Å²) >= 11 is 1.73. The molecule has 0 rings (SSSR count). The van der Waals surface area contributed by atoms with E-state index in [9.17, 15) is 10.2 Å². The molecule has 0 aliphatic carbocycles. The second kappa shape index (κ2) is 10.9. The smallest absolute Gasteiger partial charge is 0.131 e. The third-order valence-electron chi connectivity index (χ3n) is 2.95. The second-order valence-electron chi connectivity index (χ2n) is 6.37. The summed E-state index contributed by atoms with van der Waals surface area (Å²) in [6, 6.07) is -0.0755. The molecule has 0 aromatic carbocycles. The van der Waals surface area contributed by atoms with Crippen molar-refractivity contribution in [2.24, 2.45) is 5.73 Å². The monoisotopic (exact) mass is 331 g/mol. The van der Waals surface area contributed by atoms with E-state index >= 15 is 0 Å². The number of nitrogens with two attached hydrogens (primary N) is 1. The van der Waals surface area contributed by atoms with Crippen molar-refractivity contribution in [1.29, 1.82) is 0 Å². The van der Waals surface area contributed by atoms with Crippen LogP contribution in [0.4, 0.5) is 0 Å². The van der Waals surface area contributed by atoms with Gasteiger partial charge in [-0.1, -0.05) is 25.5 Å². The van der Waals surface area contributed by atoms with E-state index in [1.807, 2.05) is 6.92 Å². The Kier molecular flexibility index (Phi) is 10.6. The topological polar surface area (TPSA) is 90.5 Å². The first-order chi connectivity index (χ1) is 10.2. The highest BCUT2D eigenvalue weighted by atomic mass is 32.2. The molecule has 0 aliphatic rings. The summed E-state index contributed by atoms with van der Waals surface area (Å²) < 4.78 is 3.56. The molecular weight excluding hydrogens is 298 g/mol. The van der Waals surface area contributed by atoms with Crippen LogP contribution in [0.1, 0.15) is 53.4 Å². The van der Waals surface area contributed by atoms with E-state index in [2.05, 4.69) is 37.4 Å².